The largest absolute Gasteiger partial charge is 0.344 e. The van der Waals surface area contributed by atoms with Gasteiger partial charge in [0.1, 0.15) is 0 Å². The summed E-state index contributed by atoms with van der Waals surface area (Å²) in [5.74, 6) is 1.28. The van der Waals surface area contributed by atoms with Gasteiger partial charge in [0.15, 0.2) is 0 Å². The lowest BCUT2D eigenvalue weighted by Gasteiger charge is -2.39. The van der Waals surface area contributed by atoms with Crippen molar-refractivity contribution >= 4 is 39.2 Å². The maximum absolute atomic E-state index is 6.21. The van der Waals surface area contributed by atoms with Crippen LogP contribution in [0.4, 0.5) is 0 Å². The van der Waals surface area contributed by atoms with Crippen molar-refractivity contribution in [1.82, 2.24) is 0 Å². The van der Waals surface area contributed by atoms with Gasteiger partial charge >= 0.3 is 6.00 Å². The first-order chi connectivity index (χ1) is 6.46. The maximum atomic E-state index is 6.21. The van der Waals surface area contributed by atoms with E-state index in [1.54, 1.807) is 0 Å². The molecular formula is C10H19Cl3Si. The summed E-state index contributed by atoms with van der Waals surface area (Å²) in [4.78, 5) is 0. The van der Waals surface area contributed by atoms with E-state index in [-0.39, 0.29) is 0 Å². The summed E-state index contributed by atoms with van der Waals surface area (Å²) in [5.41, 5.74) is 0.390. The molecule has 0 aromatic heterocycles. The monoisotopic (exact) mass is 272 g/mol. The van der Waals surface area contributed by atoms with Crippen molar-refractivity contribution < 1.29 is 0 Å². The molecule has 3 unspecified atom stereocenters. The smallest absolute Gasteiger partial charge is 0.126 e. The molecule has 0 saturated heterocycles. The van der Waals surface area contributed by atoms with Crippen LogP contribution in [0.15, 0.2) is 0 Å². The van der Waals surface area contributed by atoms with Crippen LogP contribution >= 0.6 is 33.2 Å². The Balaban J connectivity index is 2.71. The third kappa shape index (κ3) is 3.30. The van der Waals surface area contributed by atoms with Crippen molar-refractivity contribution in [2.45, 2.75) is 51.5 Å². The van der Waals surface area contributed by atoms with E-state index in [9.17, 15) is 0 Å². The highest BCUT2D eigenvalue weighted by Gasteiger charge is 2.45. The fourth-order valence-electron chi connectivity index (χ4n) is 2.81. The van der Waals surface area contributed by atoms with Gasteiger partial charge in [-0.15, -0.1) is 33.2 Å². The summed E-state index contributed by atoms with van der Waals surface area (Å²) in [7, 11) is 0. The molecule has 0 aliphatic heterocycles. The lowest BCUT2D eigenvalue weighted by Crippen LogP contribution is -2.34. The minimum Gasteiger partial charge on any atom is -0.126 e. The van der Waals surface area contributed by atoms with Crippen molar-refractivity contribution in [3.63, 3.8) is 0 Å². The van der Waals surface area contributed by atoms with Gasteiger partial charge in [-0.25, -0.2) is 0 Å². The molecule has 1 aliphatic carbocycles. The Bertz CT molecular complexity index is 177. The second-order valence-electron chi connectivity index (χ2n) is 4.52. The number of halogens is 3. The molecule has 0 aromatic rings. The molecule has 1 aliphatic rings. The van der Waals surface area contributed by atoms with Gasteiger partial charge in [0.05, 0.1) is 0 Å². The van der Waals surface area contributed by atoms with Gasteiger partial charge in [0.25, 0.3) is 0 Å². The van der Waals surface area contributed by atoms with Gasteiger partial charge < -0.3 is 0 Å². The summed E-state index contributed by atoms with van der Waals surface area (Å²) >= 11 is 18.6. The Hall–Kier alpha value is 1.09. The maximum Gasteiger partial charge on any atom is 0.344 e. The van der Waals surface area contributed by atoms with E-state index in [0.717, 1.165) is 0 Å². The Labute approximate surface area is 102 Å². The predicted octanol–water partition coefficient (Wildman–Crippen LogP) is 5.25. The number of hydrogen-bond donors (Lipinski definition) is 0. The van der Waals surface area contributed by atoms with E-state index in [0.29, 0.717) is 17.4 Å². The first-order valence-electron chi connectivity index (χ1n) is 5.53. The Morgan fingerprint density at radius 2 is 1.86 bits per heavy atom. The molecule has 0 heterocycles. The Kier molecular flexibility index (Phi) is 5.10. The van der Waals surface area contributed by atoms with E-state index in [4.69, 9.17) is 33.2 Å². The van der Waals surface area contributed by atoms with Gasteiger partial charge in [-0.05, 0) is 17.4 Å². The van der Waals surface area contributed by atoms with Crippen LogP contribution in [-0.4, -0.2) is 6.00 Å². The quantitative estimate of drug-likeness (QED) is 0.487. The highest BCUT2D eigenvalue weighted by Crippen LogP contribution is 2.51. The van der Waals surface area contributed by atoms with E-state index in [2.05, 4.69) is 13.8 Å². The van der Waals surface area contributed by atoms with E-state index >= 15 is 0 Å². The topological polar surface area (TPSA) is 0 Å². The van der Waals surface area contributed by atoms with Crippen LogP contribution in [-0.2, 0) is 0 Å². The van der Waals surface area contributed by atoms with E-state index in [1.165, 1.54) is 32.1 Å². The predicted molar refractivity (Wildman–Crippen MR) is 68.5 cm³/mol. The number of rotatable bonds is 3. The summed E-state index contributed by atoms with van der Waals surface area (Å²) in [6, 6.07) is -2.50. The molecule has 84 valence electrons. The minimum atomic E-state index is -2.50. The van der Waals surface area contributed by atoms with Crippen LogP contribution in [0.2, 0.25) is 5.54 Å². The van der Waals surface area contributed by atoms with Crippen LogP contribution in [0.5, 0.6) is 0 Å². The first kappa shape index (κ1) is 13.2. The van der Waals surface area contributed by atoms with Crippen LogP contribution in [0.1, 0.15) is 46.0 Å². The molecule has 14 heavy (non-hydrogen) atoms. The van der Waals surface area contributed by atoms with Crippen molar-refractivity contribution in [3.05, 3.63) is 0 Å². The molecule has 0 aromatic carbocycles. The van der Waals surface area contributed by atoms with E-state index in [1.807, 2.05) is 0 Å². The molecule has 3 atom stereocenters. The van der Waals surface area contributed by atoms with Crippen LogP contribution < -0.4 is 0 Å². The average Bonchev–Trinajstić information content (AvgIpc) is 2.02. The zero-order valence-corrected chi connectivity index (χ0v) is 12.2. The summed E-state index contributed by atoms with van der Waals surface area (Å²) in [6.45, 7) is 4.47. The third-order valence-corrected chi connectivity index (χ3v) is 7.46. The lowest BCUT2D eigenvalue weighted by molar-refractivity contribution is 0.266. The Morgan fingerprint density at radius 1 is 1.21 bits per heavy atom. The molecule has 0 N–H and O–H groups in total. The fourth-order valence-corrected chi connectivity index (χ4v) is 8.03. The number of hydrogen-bond acceptors (Lipinski definition) is 0. The molecule has 1 rings (SSSR count). The standard InChI is InChI=1S/C10H19Cl3Si/c1-3-5-9-7-4-6-8(2)10(9)14(11,12)13/h8-10H,3-7H2,1-2H3. The fraction of sp³-hybridized carbons (Fsp3) is 1.00. The normalized spacial score (nSPS) is 34.5. The second kappa shape index (κ2) is 5.43. The highest BCUT2D eigenvalue weighted by atomic mass is 35.8. The summed E-state index contributed by atoms with van der Waals surface area (Å²) in [6.07, 6.45) is 6.27. The lowest BCUT2D eigenvalue weighted by atomic mass is 9.79. The zero-order valence-electron chi connectivity index (χ0n) is 8.90. The van der Waals surface area contributed by atoms with E-state index < -0.39 is 6.00 Å². The average molecular weight is 274 g/mol. The van der Waals surface area contributed by atoms with Crippen molar-refractivity contribution in [2.24, 2.45) is 11.8 Å². The van der Waals surface area contributed by atoms with Crippen molar-refractivity contribution in [2.75, 3.05) is 0 Å². The zero-order chi connectivity index (χ0) is 10.8. The van der Waals surface area contributed by atoms with Crippen LogP contribution in [0.25, 0.3) is 0 Å². The first-order valence-corrected chi connectivity index (χ1v) is 10.6. The van der Waals surface area contributed by atoms with Crippen LogP contribution in [0.3, 0.4) is 0 Å². The molecular weight excluding hydrogens is 255 g/mol. The van der Waals surface area contributed by atoms with Crippen molar-refractivity contribution in [3.8, 4) is 0 Å². The summed E-state index contributed by atoms with van der Waals surface area (Å²) < 4.78 is 0. The molecule has 4 heteroatoms. The van der Waals surface area contributed by atoms with Gasteiger partial charge in [0.2, 0.25) is 0 Å². The van der Waals surface area contributed by atoms with Gasteiger partial charge in [-0.2, -0.15) is 0 Å². The molecule has 1 fully saturated rings. The SMILES string of the molecule is CCCC1CCCC(C)C1[Si](Cl)(Cl)Cl. The molecule has 0 bridgehead atoms. The third-order valence-electron chi connectivity index (χ3n) is 3.39. The molecule has 0 amide bonds. The Morgan fingerprint density at radius 3 is 2.36 bits per heavy atom. The van der Waals surface area contributed by atoms with Gasteiger partial charge in [-0.1, -0.05) is 46.0 Å². The molecule has 0 nitrogen and oxygen atoms in total. The second-order valence-corrected chi connectivity index (χ2v) is 13.4. The van der Waals surface area contributed by atoms with Crippen LogP contribution in [0, 0.1) is 11.8 Å². The van der Waals surface area contributed by atoms with Crippen molar-refractivity contribution in [1.29, 1.82) is 0 Å². The molecule has 1 saturated carbocycles. The summed E-state index contributed by atoms with van der Waals surface area (Å²) in [5, 5.41) is 0. The van der Waals surface area contributed by atoms with Gasteiger partial charge in [0, 0.05) is 0 Å². The molecule has 0 radical (unpaired) electrons. The minimum absolute atomic E-state index is 0.390. The highest BCUT2D eigenvalue weighted by molar-refractivity contribution is 7.65. The van der Waals surface area contributed by atoms with Gasteiger partial charge in [-0.3, -0.25) is 0 Å². The molecule has 0 spiro atoms.